The van der Waals surface area contributed by atoms with Crippen LogP contribution >= 0.6 is 11.3 Å². The minimum absolute atomic E-state index is 0.265. The topological polar surface area (TPSA) is 87.7 Å². The van der Waals surface area contributed by atoms with E-state index in [0.29, 0.717) is 6.54 Å². The monoisotopic (exact) mass is 339 g/mol. The van der Waals surface area contributed by atoms with Crippen LogP contribution in [0, 0.1) is 0 Å². The molecule has 0 bridgehead atoms. The number of anilines is 1. The standard InChI is InChI=1S/C15H21N3O4S/c1-3-18-7-4-5-10(18)9-16-13(19)14(20)17-11-6-8-23-12(11)15(21)22-2/h6,8,10H,3-5,7,9H2,1-2H3,(H,16,19)(H,17,20)/t10-/m0/s1. The van der Waals surface area contributed by atoms with Crippen LogP contribution in [0.3, 0.4) is 0 Å². The average Bonchev–Trinajstić information content (AvgIpc) is 3.20. The van der Waals surface area contributed by atoms with Gasteiger partial charge in [-0.15, -0.1) is 11.3 Å². The van der Waals surface area contributed by atoms with Crippen LogP contribution in [0.2, 0.25) is 0 Å². The molecule has 1 aromatic rings. The number of likely N-dealkylation sites (N-methyl/N-ethyl adjacent to an activating group) is 1. The van der Waals surface area contributed by atoms with Gasteiger partial charge in [-0.1, -0.05) is 6.92 Å². The lowest BCUT2D eigenvalue weighted by Crippen LogP contribution is -2.43. The molecule has 0 aliphatic carbocycles. The van der Waals surface area contributed by atoms with Crippen LogP contribution < -0.4 is 10.6 Å². The molecule has 0 saturated carbocycles. The molecule has 1 atom stereocenters. The van der Waals surface area contributed by atoms with E-state index in [9.17, 15) is 14.4 Å². The van der Waals surface area contributed by atoms with Crippen LogP contribution in [-0.4, -0.2) is 55.5 Å². The molecule has 7 nitrogen and oxygen atoms in total. The van der Waals surface area contributed by atoms with E-state index in [2.05, 4.69) is 27.2 Å². The maximum absolute atomic E-state index is 11.9. The Bertz CT molecular complexity index is 587. The van der Waals surface area contributed by atoms with E-state index in [1.807, 2.05) is 0 Å². The average molecular weight is 339 g/mol. The number of carbonyl (C=O) groups excluding carboxylic acids is 3. The molecule has 1 aromatic heterocycles. The van der Waals surface area contributed by atoms with Crippen LogP contribution in [0.5, 0.6) is 0 Å². The van der Waals surface area contributed by atoms with E-state index in [-0.39, 0.29) is 16.6 Å². The normalized spacial score (nSPS) is 17.7. The summed E-state index contributed by atoms with van der Waals surface area (Å²) < 4.78 is 4.63. The summed E-state index contributed by atoms with van der Waals surface area (Å²) in [5.41, 5.74) is 0.290. The maximum atomic E-state index is 11.9. The molecule has 1 saturated heterocycles. The van der Waals surface area contributed by atoms with Gasteiger partial charge in [-0.25, -0.2) is 4.79 Å². The van der Waals surface area contributed by atoms with E-state index < -0.39 is 17.8 Å². The first-order valence-corrected chi connectivity index (χ1v) is 8.43. The van der Waals surface area contributed by atoms with Crippen molar-refractivity contribution in [2.24, 2.45) is 0 Å². The van der Waals surface area contributed by atoms with Gasteiger partial charge in [0.1, 0.15) is 4.88 Å². The second kappa shape index (κ2) is 8.07. The lowest BCUT2D eigenvalue weighted by Gasteiger charge is -2.22. The second-order valence-corrected chi connectivity index (χ2v) is 6.16. The number of likely N-dealkylation sites (tertiary alicyclic amines) is 1. The minimum atomic E-state index is -0.783. The quantitative estimate of drug-likeness (QED) is 0.619. The number of ether oxygens (including phenoxy) is 1. The molecule has 2 amide bonds. The van der Waals surface area contributed by atoms with Crippen LogP contribution in [0.25, 0.3) is 0 Å². The van der Waals surface area contributed by atoms with Crippen molar-refractivity contribution in [2.75, 3.05) is 32.1 Å². The summed E-state index contributed by atoms with van der Waals surface area (Å²) in [5, 5.41) is 6.76. The minimum Gasteiger partial charge on any atom is -0.465 e. The van der Waals surface area contributed by atoms with Crippen molar-refractivity contribution >= 4 is 34.8 Å². The Morgan fingerprint density at radius 1 is 1.39 bits per heavy atom. The summed E-state index contributed by atoms with van der Waals surface area (Å²) in [5.74, 6) is -2.02. The first-order chi connectivity index (χ1) is 11.1. The molecule has 2 heterocycles. The molecular weight excluding hydrogens is 318 g/mol. The Labute approximate surface area is 139 Å². The summed E-state index contributed by atoms with van der Waals surface area (Å²) in [7, 11) is 1.27. The van der Waals surface area contributed by atoms with Crippen molar-refractivity contribution in [1.29, 1.82) is 0 Å². The van der Waals surface area contributed by atoms with Gasteiger partial charge >= 0.3 is 17.8 Å². The maximum Gasteiger partial charge on any atom is 0.350 e. The summed E-state index contributed by atoms with van der Waals surface area (Å²) >= 11 is 1.15. The van der Waals surface area contributed by atoms with Gasteiger partial charge in [-0.05, 0) is 37.4 Å². The molecule has 1 fully saturated rings. The Balaban J connectivity index is 1.87. The number of carbonyl (C=O) groups is 3. The van der Waals surface area contributed by atoms with Gasteiger partial charge in [0.05, 0.1) is 12.8 Å². The van der Waals surface area contributed by atoms with Gasteiger partial charge in [0.2, 0.25) is 0 Å². The molecule has 0 spiro atoms. The number of methoxy groups -OCH3 is 1. The molecule has 2 N–H and O–H groups in total. The number of hydrogen-bond acceptors (Lipinski definition) is 6. The smallest absolute Gasteiger partial charge is 0.350 e. The van der Waals surface area contributed by atoms with Gasteiger partial charge in [0, 0.05) is 12.6 Å². The molecular formula is C15H21N3O4S. The summed E-state index contributed by atoms with van der Waals surface area (Å²) in [6.07, 6.45) is 2.13. The zero-order valence-corrected chi connectivity index (χ0v) is 14.1. The summed E-state index contributed by atoms with van der Waals surface area (Å²) in [4.78, 5) is 38.0. The van der Waals surface area contributed by atoms with E-state index in [0.717, 1.165) is 37.3 Å². The van der Waals surface area contributed by atoms with Crippen molar-refractivity contribution in [2.45, 2.75) is 25.8 Å². The largest absolute Gasteiger partial charge is 0.465 e. The number of nitrogens with one attached hydrogen (secondary N) is 2. The van der Waals surface area contributed by atoms with Gasteiger partial charge in [0.25, 0.3) is 0 Å². The Kier molecular flexibility index (Phi) is 6.12. The predicted octanol–water partition coefficient (Wildman–Crippen LogP) is 1.07. The molecule has 126 valence electrons. The van der Waals surface area contributed by atoms with Crippen molar-refractivity contribution in [3.05, 3.63) is 16.3 Å². The second-order valence-electron chi connectivity index (χ2n) is 5.24. The van der Waals surface area contributed by atoms with Gasteiger partial charge in [-0.3, -0.25) is 14.5 Å². The first kappa shape index (κ1) is 17.4. The Morgan fingerprint density at radius 3 is 2.87 bits per heavy atom. The first-order valence-electron chi connectivity index (χ1n) is 7.55. The van der Waals surface area contributed by atoms with Crippen LogP contribution in [-0.2, 0) is 14.3 Å². The fourth-order valence-electron chi connectivity index (χ4n) is 2.67. The van der Waals surface area contributed by atoms with Gasteiger partial charge < -0.3 is 15.4 Å². The number of amides is 2. The van der Waals surface area contributed by atoms with E-state index in [1.54, 1.807) is 11.4 Å². The third-order valence-electron chi connectivity index (χ3n) is 3.89. The summed E-state index contributed by atoms with van der Waals surface area (Å²) in [6.45, 7) is 4.50. The Morgan fingerprint density at radius 2 is 2.17 bits per heavy atom. The molecule has 2 rings (SSSR count). The zero-order valence-electron chi connectivity index (χ0n) is 13.3. The molecule has 1 aliphatic rings. The van der Waals surface area contributed by atoms with Crippen molar-refractivity contribution in [3.63, 3.8) is 0 Å². The van der Waals surface area contributed by atoms with Gasteiger partial charge in [-0.2, -0.15) is 0 Å². The van der Waals surface area contributed by atoms with Crippen LogP contribution in [0.4, 0.5) is 5.69 Å². The van der Waals surface area contributed by atoms with E-state index in [4.69, 9.17) is 0 Å². The van der Waals surface area contributed by atoms with Crippen molar-refractivity contribution < 1.29 is 19.1 Å². The number of nitrogens with zero attached hydrogens (tertiary/aromatic N) is 1. The number of hydrogen-bond donors (Lipinski definition) is 2. The highest BCUT2D eigenvalue weighted by Crippen LogP contribution is 2.23. The highest BCUT2D eigenvalue weighted by atomic mass is 32.1. The molecule has 0 aromatic carbocycles. The number of rotatable bonds is 5. The third kappa shape index (κ3) is 4.29. The molecule has 0 radical (unpaired) electrons. The van der Waals surface area contributed by atoms with Crippen molar-refractivity contribution in [3.8, 4) is 0 Å². The lowest BCUT2D eigenvalue weighted by molar-refractivity contribution is -0.136. The SMILES string of the molecule is CCN1CCC[C@H]1CNC(=O)C(=O)Nc1ccsc1C(=O)OC. The highest BCUT2D eigenvalue weighted by molar-refractivity contribution is 7.12. The zero-order chi connectivity index (χ0) is 16.8. The fourth-order valence-corrected chi connectivity index (χ4v) is 3.44. The molecule has 1 aliphatic heterocycles. The van der Waals surface area contributed by atoms with E-state index in [1.165, 1.54) is 7.11 Å². The van der Waals surface area contributed by atoms with Crippen molar-refractivity contribution in [1.82, 2.24) is 10.2 Å². The molecule has 8 heteroatoms. The number of thiophene rings is 1. The van der Waals surface area contributed by atoms with E-state index >= 15 is 0 Å². The van der Waals surface area contributed by atoms with Gasteiger partial charge in [0.15, 0.2) is 0 Å². The highest BCUT2D eigenvalue weighted by Gasteiger charge is 2.25. The lowest BCUT2D eigenvalue weighted by atomic mass is 10.2. The third-order valence-corrected chi connectivity index (χ3v) is 4.79. The predicted molar refractivity (Wildman–Crippen MR) is 87.6 cm³/mol. The molecule has 23 heavy (non-hydrogen) atoms. The Hall–Kier alpha value is -1.93. The fraction of sp³-hybridized carbons (Fsp3) is 0.533. The summed E-state index contributed by atoms with van der Waals surface area (Å²) in [6, 6.07) is 1.85. The molecule has 0 unspecified atom stereocenters. The number of esters is 1. The van der Waals surface area contributed by atoms with Crippen LogP contribution in [0.1, 0.15) is 29.4 Å². The van der Waals surface area contributed by atoms with Crippen LogP contribution in [0.15, 0.2) is 11.4 Å².